The van der Waals surface area contributed by atoms with Gasteiger partial charge in [0.1, 0.15) is 22.4 Å². The highest BCUT2D eigenvalue weighted by Gasteiger charge is 2.29. The van der Waals surface area contributed by atoms with E-state index in [4.69, 9.17) is 14.9 Å². The molecule has 3 rings (SSSR count). The van der Waals surface area contributed by atoms with Crippen molar-refractivity contribution in [1.82, 2.24) is 9.88 Å². The smallest absolute Gasteiger partial charge is 0.135 e. The molecule has 0 fully saturated rings. The molecule has 1 aliphatic rings. The van der Waals surface area contributed by atoms with E-state index in [0.717, 1.165) is 23.4 Å². The Bertz CT molecular complexity index is 783. The maximum atomic E-state index is 10.3. The van der Waals surface area contributed by atoms with Crippen LogP contribution in [0.5, 0.6) is 5.75 Å². The second kappa shape index (κ2) is 7.67. The summed E-state index contributed by atoms with van der Waals surface area (Å²) in [6.07, 6.45) is 0.814. The Morgan fingerprint density at radius 2 is 2.04 bits per heavy atom. The van der Waals surface area contributed by atoms with E-state index in [2.05, 4.69) is 4.98 Å². The topological polar surface area (TPSA) is 78.7 Å². The van der Waals surface area contributed by atoms with Gasteiger partial charge < -0.3 is 19.5 Å². The number of thiazole rings is 1. The van der Waals surface area contributed by atoms with Crippen molar-refractivity contribution < 1.29 is 14.6 Å². The molecular weight excluding hydrogens is 338 g/mol. The Morgan fingerprint density at radius 1 is 1.28 bits per heavy atom. The summed E-state index contributed by atoms with van der Waals surface area (Å²) in [5.74, 6) is 1.33. The maximum Gasteiger partial charge on any atom is 0.135 e. The summed E-state index contributed by atoms with van der Waals surface area (Å²) in [4.78, 5) is 6.46. The predicted octanol–water partition coefficient (Wildman–Crippen LogP) is 3.42. The van der Waals surface area contributed by atoms with Gasteiger partial charge in [-0.2, -0.15) is 0 Å². The number of nitrogens with zero attached hydrogens (tertiary/aromatic N) is 2. The third kappa shape index (κ3) is 3.67. The van der Waals surface area contributed by atoms with Crippen LogP contribution in [0.4, 0.5) is 0 Å². The van der Waals surface area contributed by atoms with Crippen LogP contribution in [-0.2, 0) is 4.74 Å². The van der Waals surface area contributed by atoms with Gasteiger partial charge in [-0.3, -0.25) is 5.41 Å². The number of aromatic nitrogens is 1. The van der Waals surface area contributed by atoms with Crippen LogP contribution in [0.1, 0.15) is 11.4 Å². The summed E-state index contributed by atoms with van der Waals surface area (Å²) >= 11 is 1.44. The molecule has 132 valence electrons. The van der Waals surface area contributed by atoms with Crippen molar-refractivity contribution in [2.75, 3.05) is 33.9 Å². The molecule has 0 spiro atoms. The Balaban J connectivity index is 1.77. The van der Waals surface area contributed by atoms with Crippen LogP contribution in [0, 0.1) is 5.41 Å². The highest BCUT2D eigenvalue weighted by Crippen LogP contribution is 2.32. The average molecular weight is 359 g/mol. The van der Waals surface area contributed by atoms with Crippen LogP contribution >= 0.6 is 11.3 Å². The van der Waals surface area contributed by atoms with E-state index in [1.54, 1.807) is 14.2 Å². The van der Waals surface area contributed by atoms with Crippen LogP contribution in [0.3, 0.4) is 0 Å². The molecule has 0 bridgehead atoms. The first-order valence-corrected chi connectivity index (χ1v) is 8.87. The van der Waals surface area contributed by atoms with Crippen molar-refractivity contribution in [1.29, 1.82) is 5.41 Å². The van der Waals surface area contributed by atoms with E-state index in [0.29, 0.717) is 36.1 Å². The fraction of sp³-hybridized carbons (Fsp3) is 0.333. The molecule has 0 saturated heterocycles. The largest absolute Gasteiger partial charge is 0.510 e. The molecular formula is C18H21N3O3S. The molecule has 7 heteroatoms. The molecule has 0 radical (unpaired) electrons. The first kappa shape index (κ1) is 17.4. The van der Waals surface area contributed by atoms with Crippen molar-refractivity contribution >= 4 is 22.7 Å². The number of rotatable bonds is 7. The Morgan fingerprint density at radius 3 is 2.72 bits per heavy atom. The molecule has 0 atom stereocenters. The van der Waals surface area contributed by atoms with Gasteiger partial charge in [0.05, 0.1) is 24.9 Å². The third-order valence-electron chi connectivity index (χ3n) is 4.06. The van der Waals surface area contributed by atoms with E-state index in [-0.39, 0.29) is 5.76 Å². The minimum absolute atomic E-state index is 0.207. The third-order valence-corrected chi connectivity index (χ3v) is 4.92. The molecule has 1 aliphatic heterocycles. The zero-order valence-electron chi connectivity index (χ0n) is 14.3. The maximum absolute atomic E-state index is 10.3. The van der Waals surface area contributed by atoms with Crippen molar-refractivity contribution in [2.24, 2.45) is 0 Å². The van der Waals surface area contributed by atoms with Gasteiger partial charge in [-0.05, 0) is 30.7 Å². The quantitative estimate of drug-likeness (QED) is 0.741. The molecule has 1 aromatic heterocycles. The molecule has 25 heavy (non-hydrogen) atoms. The summed E-state index contributed by atoms with van der Waals surface area (Å²) in [7, 11) is 3.29. The number of amidine groups is 1. The molecule has 0 amide bonds. The number of nitrogens with one attached hydrogen (secondary N) is 1. The second-order valence-electron chi connectivity index (χ2n) is 5.70. The molecule has 2 aromatic rings. The number of ether oxygens (including phenoxy) is 2. The van der Waals surface area contributed by atoms with Crippen LogP contribution in [0.2, 0.25) is 0 Å². The number of hydrogen-bond donors (Lipinski definition) is 2. The summed E-state index contributed by atoms with van der Waals surface area (Å²) in [5, 5.41) is 21.3. The number of hydrogen-bond acceptors (Lipinski definition) is 6. The average Bonchev–Trinajstić information content (AvgIpc) is 3.20. The highest BCUT2D eigenvalue weighted by atomic mass is 32.1. The zero-order valence-corrected chi connectivity index (χ0v) is 15.1. The van der Waals surface area contributed by atoms with Crippen LogP contribution in [0.25, 0.3) is 16.8 Å². The number of aliphatic hydroxyl groups is 1. The normalized spacial score (nSPS) is 14.5. The fourth-order valence-corrected chi connectivity index (χ4v) is 3.63. The molecule has 0 unspecified atom stereocenters. The minimum atomic E-state index is 0.207. The number of benzene rings is 1. The van der Waals surface area contributed by atoms with Gasteiger partial charge >= 0.3 is 0 Å². The summed E-state index contributed by atoms with van der Waals surface area (Å²) in [6.45, 7) is 1.67. The summed E-state index contributed by atoms with van der Waals surface area (Å²) < 4.78 is 10.2. The Kier molecular flexibility index (Phi) is 5.35. The van der Waals surface area contributed by atoms with Crippen molar-refractivity contribution in [3.8, 4) is 17.0 Å². The fourth-order valence-electron chi connectivity index (χ4n) is 2.73. The van der Waals surface area contributed by atoms with Crippen LogP contribution in [0.15, 0.2) is 35.4 Å². The minimum Gasteiger partial charge on any atom is -0.510 e. The number of aliphatic hydroxyl groups excluding tert-OH is 1. The molecule has 6 nitrogen and oxygen atoms in total. The highest BCUT2D eigenvalue weighted by molar-refractivity contribution is 7.11. The van der Waals surface area contributed by atoms with Gasteiger partial charge in [0.2, 0.25) is 0 Å². The standard InChI is InChI=1S/C18H21N3O3S/c1-23-9-3-8-21-10-15(22)16(17(21)19)18-20-14(11-25-18)12-4-6-13(24-2)7-5-12/h4-7,11,19,22H,3,8-10H2,1-2H3. The van der Waals surface area contributed by atoms with Crippen LogP contribution in [-0.4, -0.2) is 54.7 Å². The lowest BCUT2D eigenvalue weighted by atomic mass is 10.1. The van der Waals surface area contributed by atoms with Gasteiger partial charge in [-0.15, -0.1) is 11.3 Å². The molecule has 0 saturated carbocycles. The molecule has 2 heterocycles. The van der Waals surface area contributed by atoms with E-state index in [1.807, 2.05) is 34.5 Å². The predicted molar refractivity (Wildman–Crippen MR) is 99.4 cm³/mol. The van der Waals surface area contributed by atoms with E-state index in [9.17, 15) is 5.11 Å². The first-order valence-electron chi connectivity index (χ1n) is 7.99. The monoisotopic (exact) mass is 359 g/mol. The van der Waals surface area contributed by atoms with Gasteiger partial charge in [0.15, 0.2) is 0 Å². The Labute approximate surface area is 150 Å². The summed E-state index contributed by atoms with van der Waals surface area (Å²) in [5.41, 5.74) is 2.33. The lowest BCUT2D eigenvalue weighted by Gasteiger charge is -2.17. The van der Waals surface area contributed by atoms with Gasteiger partial charge in [-0.1, -0.05) is 0 Å². The van der Waals surface area contributed by atoms with Crippen molar-refractivity contribution in [3.05, 3.63) is 40.4 Å². The van der Waals surface area contributed by atoms with E-state index >= 15 is 0 Å². The molecule has 0 aliphatic carbocycles. The van der Waals surface area contributed by atoms with Crippen molar-refractivity contribution in [3.63, 3.8) is 0 Å². The molecule has 1 aromatic carbocycles. The SMILES string of the molecule is COCCCN1CC(O)=C(c2nc(-c3ccc(OC)cc3)cs2)C1=N. The first-order chi connectivity index (χ1) is 12.1. The van der Waals surface area contributed by atoms with Crippen molar-refractivity contribution in [2.45, 2.75) is 6.42 Å². The Hall–Kier alpha value is -2.38. The second-order valence-corrected chi connectivity index (χ2v) is 6.56. The summed E-state index contributed by atoms with van der Waals surface area (Å²) in [6, 6.07) is 7.67. The zero-order chi connectivity index (χ0) is 17.8. The molecule has 2 N–H and O–H groups in total. The van der Waals surface area contributed by atoms with E-state index < -0.39 is 0 Å². The van der Waals surface area contributed by atoms with Crippen LogP contribution < -0.4 is 4.74 Å². The lowest BCUT2D eigenvalue weighted by Crippen LogP contribution is -2.28. The lowest BCUT2D eigenvalue weighted by molar-refractivity contribution is 0.186. The van der Waals surface area contributed by atoms with Gasteiger partial charge in [0.25, 0.3) is 0 Å². The number of methoxy groups -OCH3 is 2. The van der Waals surface area contributed by atoms with Gasteiger partial charge in [0, 0.05) is 31.2 Å². The van der Waals surface area contributed by atoms with E-state index in [1.165, 1.54) is 11.3 Å². The van der Waals surface area contributed by atoms with Gasteiger partial charge in [-0.25, -0.2) is 4.98 Å².